The van der Waals surface area contributed by atoms with Gasteiger partial charge in [0, 0.05) is 28.8 Å². The van der Waals surface area contributed by atoms with Crippen molar-refractivity contribution in [1.29, 1.82) is 0 Å². The second-order valence-electron chi connectivity index (χ2n) is 4.66. The average Bonchev–Trinajstić information content (AvgIpc) is 2.93. The molecule has 3 rings (SSSR count). The van der Waals surface area contributed by atoms with Gasteiger partial charge in [0.2, 0.25) is 0 Å². The van der Waals surface area contributed by atoms with E-state index >= 15 is 0 Å². The number of nitrogens with one attached hydrogen (secondary N) is 2. The summed E-state index contributed by atoms with van der Waals surface area (Å²) in [7, 11) is 0. The first-order chi connectivity index (χ1) is 10.2. The van der Waals surface area contributed by atoms with Gasteiger partial charge in [-0.25, -0.2) is 0 Å². The van der Waals surface area contributed by atoms with Crippen LogP contribution < -0.4 is 5.32 Å². The molecular weight excluding hydrogens is 290 g/mol. The van der Waals surface area contributed by atoms with E-state index in [-0.39, 0.29) is 0 Å². The van der Waals surface area contributed by atoms with Crippen molar-refractivity contribution in [3.8, 4) is 0 Å². The SMILES string of the molecule is FC(F)Sc1ccc(NCc2ccc3[nH]ccc3c2)cc1. The maximum atomic E-state index is 12.2. The van der Waals surface area contributed by atoms with E-state index < -0.39 is 5.76 Å². The number of hydrogen-bond acceptors (Lipinski definition) is 2. The van der Waals surface area contributed by atoms with Gasteiger partial charge >= 0.3 is 0 Å². The summed E-state index contributed by atoms with van der Waals surface area (Å²) in [6, 6.07) is 15.3. The van der Waals surface area contributed by atoms with Crippen molar-refractivity contribution in [3.63, 3.8) is 0 Å². The highest BCUT2D eigenvalue weighted by Gasteiger charge is 2.04. The number of aromatic nitrogens is 1. The molecular formula is C16H14F2N2S. The molecule has 0 aliphatic carbocycles. The number of anilines is 1. The van der Waals surface area contributed by atoms with Gasteiger partial charge < -0.3 is 10.3 Å². The molecule has 0 amide bonds. The van der Waals surface area contributed by atoms with Crippen molar-refractivity contribution in [1.82, 2.24) is 4.98 Å². The standard InChI is InChI=1S/C16H14F2N2S/c17-16(18)21-14-4-2-13(3-5-14)20-10-11-1-6-15-12(9-11)7-8-19-15/h1-9,16,19-20H,10H2. The van der Waals surface area contributed by atoms with Gasteiger partial charge in [0.05, 0.1) is 0 Å². The zero-order valence-electron chi connectivity index (χ0n) is 11.1. The van der Waals surface area contributed by atoms with E-state index in [0.717, 1.165) is 11.2 Å². The van der Waals surface area contributed by atoms with Gasteiger partial charge in [0.15, 0.2) is 0 Å². The Hall–Kier alpha value is -2.01. The van der Waals surface area contributed by atoms with E-state index in [4.69, 9.17) is 0 Å². The fourth-order valence-corrected chi connectivity index (χ4v) is 2.67. The van der Waals surface area contributed by atoms with Crippen LogP contribution in [0.5, 0.6) is 0 Å². The van der Waals surface area contributed by atoms with E-state index in [1.54, 1.807) is 12.1 Å². The Bertz CT molecular complexity index is 722. The molecule has 2 aromatic carbocycles. The Morgan fingerprint density at radius 3 is 2.62 bits per heavy atom. The van der Waals surface area contributed by atoms with Gasteiger partial charge in [0.25, 0.3) is 5.76 Å². The summed E-state index contributed by atoms with van der Waals surface area (Å²) in [4.78, 5) is 3.73. The van der Waals surface area contributed by atoms with Gasteiger partial charge in [-0.05, 0) is 53.4 Å². The van der Waals surface area contributed by atoms with Gasteiger partial charge in [-0.1, -0.05) is 17.8 Å². The van der Waals surface area contributed by atoms with E-state index in [1.165, 1.54) is 10.9 Å². The van der Waals surface area contributed by atoms with Crippen LogP contribution in [0.2, 0.25) is 0 Å². The van der Waals surface area contributed by atoms with Crippen LogP contribution in [0.4, 0.5) is 14.5 Å². The Kier molecular flexibility index (Phi) is 4.10. The second-order valence-corrected chi connectivity index (χ2v) is 5.72. The number of benzene rings is 2. The first kappa shape index (κ1) is 13.9. The van der Waals surface area contributed by atoms with Crippen molar-refractivity contribution >= 4 is 28.4 Å². The number of halogens is 2. The molecule has 0 unspecified atom stereocenters. The lowest BCUT2D eigenvalue weighted by molar-refractivity contribution is 0.252. The molecule has 1 aromatic heterocycles. The fraction of sp³-hybridized carbons (Fsp3) is 0.125. The Morgan fingerprint density at radius 2 is 1.86 bits per heavy atom. The number of H-pyrrole nitrogens is 1. The minimum absolute atomic E-state index is 0.559. The molecule has 0 bridgehead atoms. The zero-order valence-corrected chi connectivity index (χ0v) is 12.0. The molecule has 21 heavy (non-hydrogen) atoms. The molecule has 5 heteroatoms. The Balaban J connectivity index is 1.63. The third kappa shape index (κ3) is 3.55. The quantitative estimate of drug-likeness (QED) is 0.642. The van der Waals surface area contributed by atoms with Crippen LogP contribution in [0.25, 0.3) is 10.9 Å². The molecule has 0 aliphatic rings. The van der Waals surface area contributed by atoms with Crippen LogP contribution in [0.3, 0.4) is 0 Å². The van der Waals surface area contributed by atoms with Crippen LogP contribution in [0, 0.1) is 0 Å². The molecule has 0 radical (unpaired) electrons. The number of thioether (sulfide) groups is 1. The Labute approximate surface area is 125 Å². The molecule has 0 aliphatic heterocycles. The summed E-state index contributed by atoms with van der Waals surface area (Å²) in [5.74, 6) is -2.38. The third-order valence-corrected chi connectivity index (χ3v) is 3.92. The molecule has 2 nitrogen and oxygen atoms in total. The lowest BCUT2D eigenvalue weighted by Gasteiger charge is -2.08. The minimum Gasteiger partial charge on any atom is -0.381 e. The van der Waals surface area contributed by atoms with E-state index in [0.29, 0.717) is 23.2 Å². The van der Waals surface area contributed by atoms with Crippen molar-refractivity contribution in [3.05, 3.63) is 60.3 Å². The monoisotopic (exact) mass is 304 g/mol. The molecule has 0 spiro atoms. The fourth-order valence-electron chi connectivity index (χ4n) is 2.17. The minimum atomic E-state index is -2.38. The number of hydrogen-bond donors (Lipinski definition) is 2. The van der Waals surface area contributed by atoms with Crippen molar-refractivity contribution < 1.29 is 8.78 Å². The molecule has 3 aromatic rings. The predicted octanol–water partition coefficient (Wildman–Crippen LogP) is 5.09. The lowest BCUT2D eigenvalue weighted by Crippen LogP contribution is -1.99. The summed E-state index contributed by atoms with van der Waals surface area (Å²) in [6.45, 7) is 0.697. The maximum absolute atomic E-state index is 12.2. The molecule has 0 saturated heterocycles. The van der Waals surface area contributed by atoms with Gasteiger partial charge in [0.1, 0.15) is 0 Å². The van der Waals surface area contributed by atoms with Gasteiger partial charge in [-0.2, -0.15) is 8.78 Å². The molecule has 1 heterocycles. The summed E-state index contributed by atoms with van der Waals surface area (Å²) in [5, 5.41) is 4.47. The molecule has 2 N–H and O–H groups in total. The van der Waals surface area contributed by atoms with Crippen LogP contribution >= 0.6 is 11.8 Å². The van der Waals surface area contributed by atoms with Crippen LogP contribution in [-0.2, 0) is 6.54 Å². The van der Waals surface area contributed by atoms with E-state index in [9.17, 15) is 8.78 Å². The van der Waals surface area contributed by atoms with E-state index in [1.807, 2.05) is 24.4 Å². The van der Waals surface area contributed by atoms with Gasteiger partial charge in [-0.15, -0.1) is 0 Å². The molecule has 0 atom stereocenters. The summed E-state index contributed by atoms with van der Waals surface area (Å²) >= 11 is 0.559. The molecule has 0 saturated carbocycles. The third-order valence-electron chi connectivity index (χ3n) is 3.19. The predicted molar refractivity (Wildman–Crippen MR) is 83.9 cm³/mol. The first-order valence-corrected chi connectivity index (χ1v) is 7.43. The normalized spacial score (nSPS) is 11.2. The van der Waals surface area contributed by atoms with Crippen LogP contribution in [0.1, 0.15) is 5.56 Å². The smallest absolute Gasteiger partial charge is 0.288 e. The van der Waals surface area contributed by atoms with Crippen molar-refractivity contribution in [2.75, 3.05) is 5.32 Å². The average molecular weight is 304 g/mol. The molecule has 108 valence electrons. The molecule has 0 fully saturated rings. The number of alkyl halides is 2. The van der Waals surface area contributed by atoms with Gasteiger partial charge in [-0.3, -0.25) is 0 Å². The highest BCUT2D eigenvalue weighted by atomic mass is 32.2. The number of rotatable bonds is 5. The van der Waals surface area contributed by atoms with Crippen molar-refractivity contribution in [2.24, 2.45) is 0 Å². The van der Waals surface area contributed by atoms with E-state index in [2.05, 4.69) is 28.5 Å². The van der Waals surface area contributed by atoms with Crippen LogP contribution in [0.15, 0.2) is 59.6 Å². The summed E-state index contributed by atoms with van der Waals surface area (Å²) in [5.41, 5.74) is 3.21. The summed E-state index contributed by atoms with van der Waals surface area (Å²) < 4.78 is 24.5. The van der Waals surface area contributed by atoms with Crippen molar-refractivity contribution in [2.45, 2.75) is 17.2 Å². The highest BCUT2D eigenvalue weighted by Crippen LogP contribution is 2.26. The number of aromatic amines is 1. The Morgan fingerprint density at radius 1 is 1.05 bits per heavy atom. The largest absolute Gasteiger partial charge is 0.381 e. The summed E-state index contributed by atoms with van der Waals surface area (Å²) in [6.07, 6.45) is 1.92. The lowest BCUT2D eigenvalue weighted by atomic mass is 10.1. The maximum Gasteiger partial charge on any atom is 0.288 e. The highest BCUT2D eigenvalue weighted by molar-refractivity contribution is 7.99. The first-order valence-electron chi connectivity index (χ1n) is 6.55. The zero-order chi connectivity index (χ0) is 14.7. The second kappa shape index (κ2) is 6.18. The van der Waals surface area contributed by atoms with Crippen LogP contribution in [-0.4, -0.2) is 10.7 Å². The number of fused-ring (bicyclic) bond motifs is 1. The topological polar surface area (TPSA) is 27.8 Å².